The van der Waals surface area contributed by atoms with Crippen molar-refractivity contribution < 1.29 is 14.4 Å². The minimum Gasteiger partial charge on any atom is -0.354 e. The maximum absolute atomic E-state index is 13.3. The van der Waals surface area contributed by atoms with Crippen molar-refractivity contribution in [3.63, 3.8) is 0 Å². The zero-order valence-corrected chi connectivity index (χ0v) is 18.0. The first-order valence-electron chi connectivity index (χ1n) is 10.4. The number of anilines is 1. The largest absolute Gasteiger partial charge is 0.354 e. The summed E-state index contributed by atoms with van der Waals surface area (Å²) in [5.41, 5.74) is 2.32. The SMILES string of the molecule is O=C(CN1C(=O)c2ccccc2N2C(=O)c3ccccc3[C@H]12)NCCSc1ccccc1. The molecule has 1 N–H and O–H groups in total. The molecule has 3 aromatic carbocycles. The number of amides is 3. The number of hydrogen-bond donors (Lipinski definition) is 1. The molecule has 0 bridgehead atoms. The minimum atomic E-state index is -0.620. The number of fused-ring (bicyclic) bond motifs is 5. The lowest BCUT2D eigenvalue weighted by molar-refractivity contribution is -0.122. The fraction of sp³-hybridized carbons (Fsp3) is 0.160. The van der Waals surface area contributed by atoms with E-state index in [1.807, 2.05) is 54.6 Å². The Bertz CT molecular complexity index is 1200. The van der Waals surface area contributed by atoms with Gasteiger partial charge in [-0.25, -0.2) is 0 Å². The molecular formula is C25H21N3O3S. The van der Waals surface area contributed by atoms with Crippen molar-refractivity contribution in [2.24, 2.45) is 0 Å². The molecule has 3 aromatic rings. The summed E-state index contributed by atoms with van der Waals surface area (Å²) in [5.74, 6) is 0.0715. The van der Waals surface area contributed by atoms with Crippen molar-refractivity contribution in [3.05, 3.63) is 95.6 Å². The van der Waals surface area contributed by atoms with Crippen molar-refractivity contribution in [3.8, 4) is 0 Å². The van der Waals surface area contributed by atoms with E-state index in [0.717, 1.165) is 16.2 Å². The molecule has 5 rings (SSSR count). The highest BCUT2D eigenvalue weighted by atomic mass is 32.2. The van der Waals surface area contributed by atoms with Crippen LogP contribution in [0, 0.1) is 0 Å². The molecule has 7 heteroatoms. The van der Waals surface area contributed by atoms with Gasteiger partial charge < -0.3 is 10.2 Å². The fourth-order valence-corrected chi connectivity index (χ4v) is 5.01. The first-order chi connectivity index (χ1) is 15.6. The number of nitrogens with one attached hydrogen (secondary N) is 1. The number of carbonyl (C=O) groups is 3. The van der Waals surface area contributed by atoms with Crippen LogP contribution in [0.4, 0.5) is 5.69 Å². The lowest BCUT2D eigenvalue weighted by Gasteiger charge is -2.40. The summed E-state index contributed by atoms with van der Waals surface area (Å²) >= 11 is 1.66. The quantitative estimate of drug-likeness (QED) is 0.466. The van der Waals surface area contributed by atoms with E-state index in [2.05, 4.69) is 5.32 Å². The van der Waals surface area contributed by atoms with Gasteiger partial charge in [-0.05, 0) is 30.3 Å². The third kappa shape index (κ3) is 3.54. The van der Waals surface area contributed by atoms with E-state index >= 15 is 0 Å². The number of hydrogen-bond acceptors (Lipinski definition) is 4. The van der Waals surface area contributed by atoms with E-state index < -0.39 is 6.17 Å². The van der Waals surface area contributed by atoms with Gasteiger partial charge in [0.1, 0.15) is 12.7 Å². The standard InChI is InChI=1S/C25H21N3O3S/c29-22(26-14-15-32-17-8-2-1-3-9-17)16-27-23-18-10-4-5-11-19(18)25(31)28(23)21-13-7-6-12-20(21)24(27)30/h1-13,23H,14-16H2,(H,26,29)/t23-/m1/s1. The molecule has 2 aliphatic heterocycles. The van der Waals surface area contributed by atoms with Gasteiger partial charge in [-0.2, -0.15) is 0 Å². The van der Waals surface area contributed by atoms with Crippen molar-refractivity contribution in [1.82, 2.24) is 10.2 Å². The Morgan fingerprint density at radius 2 is 1.53 bits per heavy atom. The van der Waals surface area contributed by atoms with Gasteiger partial charge in [0, 0.05) is 28.3 Å². The van der Waals surface area contributed by atoms with Crippen molar-refractivity contribution in [1.29, 1.82) is 0 Å². The highest BCUT2D eigenvalue weighted by molar-refractivity contribution is 7.99. The Hall–Kier alpha value is -3.58. The second-order valence-electron chi connectivity index (χ2n) is 7.60. The first-order valence-corrected chi connectivity index (χ1v) is 11.4. The summed E-state index contributed by atoms with van der Waals surface area (Å²) in [6, 6.07) is 24.3. The number of thioether (sulfide) groups is 1. The lowest BCUT2D eigenvalue weighted by Crippen LogP contribution is -2.51. The number of rotatable bonds is 6. The van der Waals surface area contributed by atoms with Crippen LogP contribution in [0.1, 0.15) is 32.4 Å². The highest BCUT2D eigenvalue weighted by Crippen LogP contribution is 2.44. The Labute approximate surface area is 190 Å². The summed E-state index contributed by atoms with van der Waals surface area (Å²) in [7, 11) is 0. The predicted octanol–water partition coefficient (Wildman–Crippen LogP) is 3.71. The normalized spacial score (nSPS) is 16.4. The van der Waals surface area contributed by atoms with Crippen LogP contribution in [0.25, 0.3) is 0 Å². The number of benzene rings is 3. The van der Waals surface area contributed by atoms with Crippen LogP contribution < -0.4 is 10.2 Å². The summed E-state index contributed by atoms with van der Waals surface area (Å²) in [4.78, 5) is 43.5. The van der Waals surface area contributed by atoms with Crippen molar-refractivity contribution in [2.45, 2.75) is 11.1 Å². The maximum atomic E-state index is 13.3. The zero-order valence-electron chi connectivity index (χ0n) is 17.2. The first kappa shape index (κ1) is 20.3. The number of para-hydroxylation sites is 1. The molecule has 0 fully saturated rings. The third-order valence-electron chi connectivity index (χ3n) is 5.63. The van der Waals surface area contributed by atoms with E-state index in [0.29, 0.717) is 23.4 Å². The van der Waals surface area contributed by atoms with Crippen LogP contribution in [0.3, 0.4) is 0 Å². The van der Waals surface area contributed by atoms with Gasteiger partial charge >= 0.3 is 0 Å². The number of nitrogens with zero attached hydrogens (tertiary/aromatic N) is 2. The van der Waals surface area contributed by atoms with Gasteiger partial charge in [0.2, 0.25) is 5.91 Å². The van der Waals surface area contributed by atoms with Crippen LogP contribution in [-0.2, 0) is 4.79 Å². The van der Waals surface area contributed by atoms with E-state index in [-0.39, 0.29) is 24.3 Å². The van der Waals surface area contributed by atoms with Crippen molar-refractivity contribution in [2.75, 3.05) is 23.7 Å². The second-order valence-corrected chi connectivity index (χ2v) is 8.77. The smallest absolute Gasteiger partial charge is 0.260 e. The molecule has 0 unspecified atom stereocenters. The summed E-state index contributed by atoms with van der Waals surface area (Å²) in [6.45, 7) is 0.368. The Morgan fingerprint density at radius 3 is 2.34 bits per heavy atom. The van der Waals surface area contributed by atoms with Gasteiger partial charge in [-0.15, -0.1) is 11.8 Å². The molecular weight excluding hydrogens is 422 g/mol. The van der Waals surface area contributed by atoms with Gasteiger partial charge in [0.15, 0.2) is 0 Å². The summed E-state index contributed by atoms with van der Waals surface area (Å²) in [5, 5.41) is 2.90. The lowest BCUT2D eigenvalue weighted by atomic mass is 10.0. The van der Waals surface area contributed by atoms with E-state index in [9.17, 15) is 14.4 Å². The third-order valence-corrected chi connectivity index (χ3v) is 6.65. The molecule has 0 spiro atoms. The average molecular weight is 444 g/mol. The molecule has 0 saturated carbocycles. The monoisotopic (exact) mass is 443 g/mol. The Kier molecular flexibility index (Phi) is 5.41. The summed E-state index contributed by atoms with van der Waals surface area (Å²) < 4.78 is 0. The van der Waals surface area contributed by atoms with Crippen LogP contribution in [0.5, 0.6) is 0 Å². The second kappa shape index (κ2) is 8.51. The summed E-state index contributed by atoms with van der Waals surface area (Å²) in [6.07, 6.45) is -0.620. The van der Waals surface area contributed by atoms with Crippen LogP contribution in [-0.4, -0.2) is 41.5 Å². The van der Waals surface area contributed by atoms with Crippen molar-refractivity contribution >= 4 is 35.2 Å². The molecule has 0 saturated heterocycles. The molecule has 32 heavy (non-hydrogen) atoms. The molecule has 0 aromatic heterocycles. The molecule has 160 valence electrons. The number of carbonyl (C=O) groups excluding carboxylic acids is 3. The van der Waals surface area contributed by atoms with Crippen LogP contribution in [0.2, 0.25) is 0 Å². The molecule has 0 aliphatic carbocycles. The predicted molar refractivity (Wildman–Crippen MR) is 124 cm³/mol. The topological polar surface area (TPSA) is 69.7 Å². The van der Waals surface area contributed by atoms with Gasteiger partial charge in [-0.1, -0.05) is 48.5 Å². The van der Waals surface area contributed by atoms with Gasteiger partial charge in [0.05, 0.1) is 11.3 Å². The molecule has 1 atom stereocenters. The fourth-order valence-electron chi connectivity index (χ4n) is 4.22. The van der Waals surface area contributed by atoms with E-state index in [1.165, 1.54) is 4.90 Å². The van der Waals surface area contributed by atoms with Crippen LogP contribution in [0.15, 0.2) is 83.8 Å². The Balaban J connectivity index is 1.34. The van der Waals surface area contributed by atoms with Gasteiger partial charge in [-0.3, -0.25) is 19.3 Å². The molecule has 6 nitrogen and oxygen atoms in total. The zero-order chi connectivity index (χ0) is 22.1. The van der Waals surface area contributed by atoms with Gasteiger partial charge in [0.25, 0.3) is 11.8 Å². The molecule has 2 aliphatic rings. The maximum Gasteiger partial charge on any atom is 0.260 e. The molecule has 3 amide bonds. The Morgan fingerprint density at radius 1 is 0.844 bits per heavy atom. The van der Waals surface area contributed by atoms with E-state index in [1.54, 1.807) is 40.9 Å². The van der Waals surface area contributed by atoms with Crippen LogP contribution >= 0.6 is 11.8 Å². The average Bonchev–Trinajstić information content (AvgIpc) is 3.13. The molecule has 2 heterocycles. The minimum absolute atomic E-state index is 0.119. The van der Waals surface area contributed by atoms with E-state index in [4.69, 9.17) is 0 Å². The molecule has 0 radical (unpaired) electrons. The highest BCUT2D eigenvalue weighted by Gasteiger charge is 2.47.